The molecule has 0 fully saturated rings. The van der Waals surface area contributed by atoms with Gasteiger partial charge in [-0.05, 0) is 85.6 Å². The Labute approximate surface area is 352 Å². The van der Waals surface area contributed by atoms with Crippen LogP contribution >= 0.6 is 0 Å². The molecule has 284 valence electrons. The first-order valence-corrected chi connectivity index (χ1v) is 20.7. The summed E-state index contributed by atoms with van der Waals surface area (Å²) in [5, 5.41) is 9.50. The van der Waals surface area contributed by atoms with Crippen LogP contribution < -0.4 is 0 Å². The van der Waals surface area contributed by atoms with Gasteiger partial charge in [0.25, 0.3) is 0 Å². The highest BCUT2D eigenvalue weighted by molar-refractivity contribution is 6.28. The molecule has 4 heteroatoms. The van der Waals surface area contributed by atoms with Crippen molar-refractivity contribution in [3.8, 4) is 62.1 Å². The average Bonchev–Trinajstić information content (AvgIpc) is 3.68. The summed E-state index contributed by atoms with van der Waals surface area (Å²) < 4.78 is 2.39. The lowest BCUT2D eigenvalue weighted by molar-refractivity contribution is 1.08. The maximum atomic E-state index is 5.20. The predicted octanol–water partition coefficient (Wildman–Crippen LogP) is 14.8. The van der Waals surface area contributed by atoms with Gasteiger partial charge in [-0.15, -0.1) is 0 Å². The average molecular weight is 777 g/mol. The standard InChI is InChI=1S/C57H36N4/c1-4-15-37(16-5-1)38-27-31-43(32-28-38)61-52-26-13-12-23-47(52)50-35-42(30-34-53(50)61)41-29-33-46-44-21-10-11-22-45(44)48-24-14-25-49(54(48)51(46)36-41)57-59-55(39-17-6-2-7-18-39)58-56(60-57)40-19-8-3-9-20-40/h1-36H. The van der Waals surface area contributed by atoms with Crippen molar-refractivity contribution in [3.63, 3.8) is 0 Å². The molecular weight excluding hydrogens is 741 g/mol. The number of aromatic nitrogens is 4. The highest BCUT2D eigenvalue weighted by Gasteiger charge is 2.19. The zero-order chi connectivity index (χ0) is 40.3. The Morgan fingerprint density at radius 3 is 1.39 bits per heavy atom. The molecule has 61 heavy (non-hydrogen) atoms. The van der Waals surface area contributed by atoms with E-state index >= 15 is 0 Å². The number of hydrogen-bond donors (Lipinski definition) is 0. The van der Waals surface area contributed by atoms with E-state index in [1.54, 1.807) is 0 Å². The van der Waals surface area contributed by atoms with Crippen LogP contribution in [-0.4, -0.2) is 19.5 Å². The van der Waals surface area contributed by atoms with Crippen molar-refractivity contribution in [1.82, 2.24) is 19.5 Å². The second-order valence-corrected chi connectivity index (χ2v) is 15.6. The van der Waals surface area contributed by atoms with Crippen molar-refractivity contribution < 1.29 is 0 Å². The van der Waals surface area contributed by atoms with Crippen LogP contribution in [0.15, 0.2) is 218 Å². The minimum absolute atomic E-state index is 0.645. The molecule has 2 heterocycles. The van der Waals surface area contributed by atoms with Crippen molar-refractivity contribution in [1.29, 1.82) is 0 Å². The number of nitrogens with zero attached hydrogens (tertiary/aromatic N) is 4. The van der Waals surface area contributed by atoms with Crippen molar-refractivity contribution in [3.05, 3.63) is 218 Å². The van der Waals surface area contributed by atoms with Crippen LogP contribution in [0, 0.1) is 0 Å². The Morgan fingerprint density at radius 1 is 0.262 bits per heavy atom. The number of para-hydroxylation sites is 1. The molecule has 0 atom stereocenters. The third kappa shape index (κ3) is 5.88. The number of rotatable bonds is 6. The van der Waals surface area contributed by atoms with Gasteiger partial charge in [-0.25, -0.2) is 15.0 Å². The van der Waals surface area contributed by atoms with E-state index in [-0.39, 0.29) is 0 Å². The van der Waals surface area contributed by atoms with Gasteiger partial charge in [0.15, 0.2) is 17.5 Å². The molecule has 4 nitrogen and oxygen atoms in total. The van der Waals surface area contributed by atoms with Gasteiger partial charge in [-0.1, -0.05) is 182 Å². The Bertz CT molecular complexity index is 3560. The molecular formula is C57H36N4. The highest BCUT2D eigenvalue weighted by Crippen LogP contribution is 2.42. The van der Waals surface area contributed by atoms with Gasteiger partial charge < -0.3 is 4.57 Å². The van der Waals surface area contributed by atoms with E-state index in [0.29, 0.717) is 17.5 Å². The highest BCUT2D eigenvalue weighted by atomic mass is 15.0. The fraction of sp³-hybridized carbons (Fsp3) is 0. The Balaban J connectivity index is 1.06. The SMILES string of the molecule is c1ccc(-c2ccc(-n3c4ccccc4c4cc(-c5ccc6c7ccccc7c7cccc(-c8nc(-c9ccccc9)nc(-c9ccccc9)n8)c7c6c5)ccc43)cc2)cc1. The lowest BCUT2D eigenvalue weighted by atomic mass is 9.89. The van der Waals surface area contributed by atoms with Crippen LogP contribution in [0.25, 0.3) is 116 Å². The van der Waals surface area contributed by atoms with Gasteiger partial charge >= 0.3 is 0 Å². The van der Waals surface area contributed by atoms with Crippen LogP contribution in [0.1, 0.15) is 0 Å². The summed E-state index contributed by atoms with van der Waals surface area (Å²) in [5.74, 6) is 1.94. The third-order valence-electron chi connectivity index (χ3n) is 12.0. The van der Waals surface area contributed by atoms with Gasteiger partial charge in [0, 0.05) is 38.5 Å². The lowest BCUT2D eigenvalue weighted by Crippen LogP contribution is -2.00. The molecule has 0 spiro atoms. The molecule has 0 aliphatic carbocycles. The summed E-state index contributed by atoms with van der Waals surface area (Å²) in [4.78, 5) is 15.4. The predicted molar refractivity (Wildman–Crippen MR) is 254 cm³/mol. The minimum Gasteiger partial charge on any atom is -0.309 e. The van der Waals surface area contributed by atoms with E-state index in [9.17, 15) is 0 Å². The molecule has 0 radical (unpaired) electrons. The molecule has 0 saturated heterocycles. The minimum atomic E-state index is 0.645. The second kappa shape index (κ2) is 14.3. The van der Waals surface area contributed by atoms with Crippen LogP contribution in [0.4, 0.5) is 0 Å². The van der Waals surface area contributed by atoms with Gasteiger partial charge in [0.05, 0.1) is 11.0 Å². The van der Waals surface area contributed by atoms with E-state index < -0.39 is 0 Å². The van der Waals surface area contributed by atoms with E-state index in [1.165, 1.54) is 49.1 Å². The number of fused-ring (bicyclic) bond motifs is 9. The largest absolute Gasteiger partial charge is 0.309 e. The zero-order valence-corrected chi connectivity index (χ0v) is 33.1. The quantitative estimate of drug-likeness (QED) is 0.158. The summed E-state index contributed by atoms with van der Waals surface area (Å²) >= 11 is 0. The molecule has 0 aliphatic rings. The maximum absolute atomic E-state index is 5.20. The first kappa shape index (κ1) is 34.8. The molecule has 0 unspecified atom stereocenters. The Hall–Kier alpha value is -8.21. The fourth-order valence-corrected chi connectivity index (χ4v) is 9.16. The van der Waals surface area contributed by atoms with Crippen LogP contribution in [-0.2, 0) is 0 Å². The molecule has 0 bridgehead atoms. The van der Waals surface area contributed by atoms with E-state index in [4.69, 9.17) is 15.0 Å². The molecule has 2 aromatic heterocycles. The number of hydrogen-bond acceptors (Lipinski definition) is 3. The Kier molecular flexibility index (Phi) is 8.13. The normalized spacial score (nSPS) is 11.6. The molecule has 12 aromatic rings. The smallest absolute Gasteiger partial charge is 0.164 e. The van der Waals surface area contributed by atoms with Crippen molar-refractivity contribution in [2.24, 2.45) is 0 Å². The van der Waals surface area contributed by atoms with Gasteiger partial charge in [0.1, 0.15) is 0 Å². The van der Waals surface area contributed by atoms with Crippen LogP contribution in [0.3, 0.4) is 0 Å². The molecule has 0 amide bonds. The zero-order valence-electron chi connectivity index (χ0n) is 33.1. The molecule has 0 aliphatic heterocycles. The molecule has 10 aromatic carbocycles. The van der Waals surface area contributed by atoms with Crippen LogP contribution in [0.2, 0.25) is 0 Å². The van der Waals surface area contributed by atoms with E-state index in [2.05, 4.69) is 187 Å². The van der Waals surface area contributed by atoms with Gasteiger partial charge in [0.2, 0.25) is 0 Å². The Morgan fingerprint density at radius 2 is 0.721 bits per heavy atom. The monoisotopic (exact) mass is 776 g/mol. The van der Waals surface area contributed by atoms with Gasteiger partial charge in [-0.2, -0.15) is 0 Å². The van der Waals surface area contributed by atoms with E-state index in [1.807, 2.05) is 36.4 Å². The summed E-state index contributed by atoms with van der Waals surface area (Å²) in [6.07, 6.45) is 0. The summed E-state index contributed by atoms with van der Waals surface area (Å²) in [6, 6.07) is 77.7. The maximum Gasteiger partial charge on any atom is 0.164 e. The van der Waals surface area contributed by atoms with E-state index in [0.717, 1.165) is 49.7 Å². The van der Waals surface area contributed by atoms with Crippen LogP contribution in [0.5, 0.6) is 0 Å². The second-order valence-electron chi connectivity index (χ2n) is 15.6. The fourth-order valence-electron chi connectivity index (χ4n) is 9.16. The summed E-state index contributed by atoms with van der Waals surface area (Å²) in [6.45, 7) is 0. The molecule has 12 rings (SSSR count). The number of benzene rings is 10. The van der Waals surface area contributed by atoms with Crippen molar-refractivity contribution in [2.45, 2.75) is 0 Å². The summed E-state index contributed by atoms with van der Waals surface area (Å²) in [7, 11) is 0. The van der Waals surface area contributed by atoms with Crippen molar-refractivity contribution >= 4 is 54.1 Å². The summed E-state index contributed by atoms with van der Waals surface area (Å²) in [5.41, 5.74) is 11.1. The topological polar surface area (TPSA) is 43.6 Å². The molecule has 0 N–H and O–H groups in total. The lowest BCUT2D eigenvalue weighted by Gasteiger charge is -2.16. The first-order valence-electron chi connectivity index (χ1n) is 20.7. The molecule has 0 saturated carbocycles. The van der Waals surface area contributed by atoms with Gasteiger partial charge in [-0.3, -0.25) is 0 Å². The third-order valence-corrected chi connectivity index (χ3v) is 12.0. The first-order chi connectivity index (χ1) is 30.2. The van der Waals surface area contributed by atoms with Crippen molar-refractivity contribution in [2.75, 3.05) is 0 Å².